The average molecular weight is 604 g/mol. The molecule has 1 heterocycles. The number of nitrogens with two attached hydrogens (primary N) is 2. The van der Waals surface area contributed by atoms with Crippen molar-refractivity contribution in [3.8, 4) is 0 Å². The van der Waals surface area contributed by atoms with Crippen molar-refractivity contribution in [1.29, 1.82) is 0 Å². The first-order chi connectivity index (χ1) is 20.7. The fourth-order valence-corrected chi connectivity index (χ4v) is 10.1. The first-order valence-electron chi connectivity index (χ1n) is 17.1. The number of carboxylic acid groups (broad SMARTS) is 1. The van der Waals surface area contributed by atoms with Gasteiger partial charge >= 0.3 is 5.97 Å². The number of hydrogen-bond acceptors (Lipinski definition) is 8. The number of hydrogen-bond donors (Lipinski definition) is 4. The van der Waals surface area contributed by atoms with E-state index in [1.807, 2.05) is 6.08 Å². The van der Waals surface area contributed by atoms with E-state index in [-0.39, 0.29) is 53.1 Å². The molecular formula is C34H57N3O6. The second kappa shape index (κ2) is 14.4. The fourth-order valence-electron chi connectivity index (χ4n) is 10.1. The van der Waals surface area contributed by atoms with Crippen LogP contribution in [-0.2, 0) is 23.8 Å². The van der Waals surface area contributed by atoms with Crippen LogP contribution in [0.25, 0.3) is 0 Å². The molecule has 244 valence electrons. The van der Waals surface area contributed by atoms with Gasteiger partial charge in [0.25, 0.3) is 0 Å². The van der Waals surface area contributed by atoms with Crippen LogP contribution in [0, 0.1) is 52.8 Å². The Morgan fingerprint density at radius 3 is 2.74 bits per heavy atom. The van der Waals surface area contributed by atoms with Gasteiger partial charge in [-0.25, -0.2) is 0 Å². The number of ether oxygens (including phenoxy) is 3. The fraction of sp³-hybridized carbons (Fsp3) is 0.882. The summed E-state index contributed by atoms with van der Waals surface area (Å²) in [5, 5.41) is 13.8. The van der Waals surface area contributed by atoms with Crippen LogP contribution in [0.5, 0.6) is 0 Å². The number of ketones is 1. The molecule has 9 nitrogen and oxygen atoms in total. The molecule has 3 saturated carbocycles. The first-order valence-corrected chi connectivity index (χ1v) is 17.1. The number of rotatable bonds is 14. The molecule has 5 aliphatic rings. The van der Waals surface area contributed by atoms with Crippen molar-refractivity contribution in [3.63, 3.8) is 0 Å². The first kappa shape index (κ1) is 33.0. The van der Waals surface area contributed by atoms with Gasteiger partial charge in [0.1, 0.15) is 0 Å². The van der Waals surface area contributed by atoms with Gasteiger partial charge in [0.05, 0.1) is 37.9 Å². The molecule has 9 heteroatoms. The highest BCUT2D eigenvalue weighted by Gasteiger charge is 2.63. The third-order valence-electron chi connectivity index (χ3n) is 11.8. The van der Waals surface area contributed by atoms with Crippen LogP contribution in [-0.4, -0.2) is 81.7 Å². The smallest absolute Gasteiger partial charge is 0.307 e. The Hall–Kier alpha value is -1.36. The van der Waals surface area contributed by atoms with Crippen molar-refractivity contribution in [2.24, 2.45) is 64.2 Å². The number of allylic oxidation sites excluding steroid dienone is 1. The summed E-state index contributed by atoms with van der Waals surface area (Å²) in [5.41, 5.74) is 12.8. The van der Waals surface area contributed by atoms with E-state index in [1.165, 1.54) is 5.57 Å². The summed E-state index contributed by atoms with van der Waals surface area (Å²) in [5.74, 6) is -0.323. The molecule has 0 aromatic rings. The Bertz CT molecular complexity index is 1000. The predicted octanol–water partition coefficient (Wildman–Crippen LogP) is 3.39. The van der Waals surface area contributed by atoms with Crippen molar-refractivity contribution in [2.75, 3.05) is 46.6 Å². The van der Waals surface area contributed by atoms with Crippen LogP contribution in [0.1, 0.15) is 71.6 Å². The largest absolute Gasteiger partial charge is 0.481 e. The molecule has 4 aliphatic carbocycles. The highest BCUT2D eigenvalue weighted by molar-refractivity contribution is 5.97. The SMILES string of the molecule is CO[C@@H]1C[C@@]23COCC(C2CCC2C3=CC(=O)C3C2CCC(CC(C)C)C3C(=O)O)[C@H]1OCCNC[C@@H](N)CCCCN. The summed E-state index contributed by atoms with van der Waals surface area (Å²) in [7, 11) is 1.78. The number of methoxy groups -OCH3 is 1. The van der Waals surface area contributed by atoms with Gasteiger partial charge in [-0.05, 0) is 93.6 Å². The molecule has 5 rings (SSSR count). The van der Waals surface area contributed by atoms with E-state index in [0.29, 0.717) is 38.2 Å². The number of unbranched alkanes of at least 4 members (excludes halogenated alkanes) is 1. The van der Waals surface area contributed by atoms with Gasteiger partial charge in [0.2, 0.25) is 0 Å². The minimum absolute atomic E-state index is 0.0360. The number of carbonyl (C=O) groups is 2. The second-order valence-corrected chi connectivity index (χ2v) is 14.7. The van der Waals surface area contributed by atoms with Crippen LogP contribution < -0.4 is 16.8 Å². The minimum atomic E-state index is -0.793. The van der Waals surface area contributed by atoms with Gasteiger partial charge in [0, 0.05) is 43.5 Å². The molecule has 6 N–H and O–H groups in total. The molecule has 11 atom stereocenters. The molecule has 1 saturated heterocycles. The molecule has 0 aromatic carbocycles. The summed E-state index contributed by atoms with van der Waals surface area (Å²) in [6, 6.07) is 0.123. The standard InChI is InChI=1S/C34H57N3O6/c1-20(2)14-21-7-8-24-23-9-10-26-25-18-42-19-34(26,27(23)15-28(38)31(24)30(21)33(39)40)16-29(41-3)32(25)43-13-12-37-17-22(36)6-4-5-11-35/h15,20-26,29-32,37H,4-14,16-19,35-36H2,1-3H3,(H,39,40)/t21?,22-,23?,24?,25?,26?,29+,30?,31?,32+,34+/m0/s1. The van der Waals surface area contributed by atoms with Crippen LogP contribution in [0.3, 0.4) is 0 Å². The molecule has 1 aliphatic heterocycles. The Morgan fingerprint density at radius 2 is 2.02 bits per heavy atom. The molecule has 0 aromatic heterocycles. The monoisotopic (exact) mass is 603 g/mol. The van der Waals surface area contributed by atoms with Gasteiger partial charge in [-0.2, -0.15) is 0 Å². The third-order valence-corrected chi connectivity index (χ3v) is 11.8. The zero-order valence-electron chi connectivity index (χ0n) is 26.7. The molecule has 43 heavy (non-hydrogen) atoms. The lowest BCUT2D eigenvalue weighted by Gasteiger charge is -2.63. The van der Waals surface area contributed by atoms with Crippen LogP contribution in [0.2, 0.25) is 0 Å². The van der Waals surface area contributed by atoms with Gasteiger partial charge in [-0.3, -0.25) is 9.59 Å². The predicted molar refractivity (Wildman–Crippen MR) is 165 cm³/mol. The number of carbonyl (C=O) groups excluding carboxylic acids is 1. The van der Waals surface area contributed by atoms with Crippen LogP contribution >= 0.6 is 0 Å². The number of nitrogens with one attached hydrogen (secondary N) is 1. The minimum Gasteiger partial charge on any atom is -0.481 e. The quantitative estimate of drug-likeness (QED) is 0.220. The normalized spacial score (nSPS) is 39.4. The molecule has 2 bridgehead atoms. The Kier molecular flexibility index (Phi) is 11.0. The van der Waals surface area contributed by atoms with Crippen LogP contribution in [0.4, 0.5) is 0 Å². The zero-order chi connectivity index (χ0) is 30.7. The van der Waals surface area contributed by atoms with E-state index in [4.69, 9.17) is 25.7 Å². The second-order valence-electron chi connectivity index (χ2n) is 14.7. The van der Waals surface area contributed by atoms with Crippen molar-refractivity contribution in [3.05, 3.63) is 11.6 Å². The average Bonchev–Trinajstić information content (AvgIpc) is 2.97. The number of carboxylic acids is 1. The summed E-state index contributed by atoms with van der Waals surface area (Å²) in [6.07, 6.45) is 10.3. The summed E-state index contributed by atoms with van der Waals surface area (Å²) < 4.78 is 19.0. The van der Waals surface area contributed by atoms with Crippen LogP contribution in [0.15, 0.2) is 11.6 Å². The van der Waals surface area contributed by atoms with Gasteiger partial charge in [-0.15, -0.1) is 0 Å². The summed E-state index contributed by atoms with van der Waals surface area (Å²) in [6.45, 7) is 8.33. The van der Waals surface area contributed by atoms with E-state index in [9.17, 15) is 14.7 Å². The molecule has 7 unspecified atom stereocenters. The van der Waals surface area contributed by atoms with Gasteiger partial charge in [-0.1, -0.05) is 25.8 Å². The molecule has 0 amide bonds. The van der Waals surface area contributed by atoms with Gasteiger partial charge in [0.15, 0.2) is 5.78 Å². The van der Waals surface area contributed by atoms with E-state index < -0.39 is 17.8 Å². The van der Waals surface area contributed by atoms with E-state index >= 15 is 0 Å². The van der Waals surface area contributed by atoms with Gasteiger partial charge < -0.3 is 36.1 Å². The van der Waals surface area contributed by atoms with Crippen molar-refractivity contribution in [1.82, 2.24) is 5.32 Å². The number of fused-ring (bicyclic) bond motifs is 3. The van der Waals surface area contributed by atoms with E-state index in [0.717, 1.165) is 70.9 Å². The highest BCUT2D eigenvalue weighted by atomic mass is 16.5. The maximum Gasteiger partial charge on any atom is 0.307 e. The maximum absolute atomic E-state index is 13.9. The Labute approximate surface area is 258 Å². The molecule has 4 fully saturated rings. The Balaban J connectivity index is 1.29. The van der Waals surface area contributed by atoms with E-state index in [2.05, 4.69) is 19.2 Å². The lowest BCUT2D eigenvalue weighted by Crippen LogP contribution is -2.64. The number of aliphatic carboxylic acids is 1. The lowest BCUT2D eigenvalue weighted by atomic mass is 9.45. The highest BCUT2D eigenvalue weighted by Crippen LogP contribution is 2.64. The molecule has 0 radical (unpaired) electrons. The van der Waals surface area contributed by atoms with Crippen molar-refractivity contribution in [2.45, 2.75) is 89.9 Å². The summed E-state index contributed by atoms with van der Waals surface area (Å²) in [4.78, 5) is 26.5. The van der Waals surface area contributed by atoms with Crippen molar-refractivity contribution >= 4 is 11.8 Å². The van der Waals surface area contributed by atoms with E-state index in [1.54, 1.807) is 7.11 Å². The third kappa shape index (κ3) is 6.63. The zero-order valence-corrected chi connectivity index (χ0v) is 26.7. The maximum atomic E-state index is 13.9. The lowest BCUT2D eigenvalue weighted by molar-refractivity contribution is -0.220. The topological polar surface area (TPSA) is 146 Å². The molecular weight excluding hydrogens is 546 g/mol. The Morgan fingerprint density at radius 1 is 1.21 bits per heavy atom. The van der Waals surface area contributed by atoms with Crippen molar-refractivity contribution < 1.29 is 28.9 Å². The summed E-state index contributed by atoms with van der Waals surface area (Å²) >= 11 is 0. The molecule has 0 spiro atoms.